The first kappa shape index (κ1) is 19.1. The Bertz CT molecular complexity index is 1190. The van der Waals surface area contributed by atoms with Gasteiger partial charge in [-0.25, -0.2) is 13.4 Å². The second-order valence-electron chi connectivity index (χ2n) is 6.75. The third-order valence-electron chi connectivity index (χ3n) is 4.79. The Morgan fingerprint density at radius 2 is 1.41 bits per heavy atom. The van der Waals surface area contributed by atoms with Gasteiger partial charge in [-0.3, -0.25) is 0 Å². The average Bonchev–Trinajstić information content (AvgIpc) is 3.19. The first-order valence-electron chi connectivity index (χ1n) is 9.24. The summed E-state index contributed by atoms with van der Waals surface area (Å²) in [7, 11) is -1.90. The van der Waals surface area contributed by atoms with Gasteiger partial charge in [0.15, 0.2) is 0 Å². The summed E-state index contributed by atoms with van der Waals surface area (Å²) in [6, 6.07) is 25.6. The van der Waals surface area contributed by atoms with Crippen LogP contribution in [0.25, 0.3) is 11.1 Å². The van der Waals surface area contributed by atoms with Crippen molar-refractivity contribution in [3.63, 3.8) is 0 Å². The maximum Gasteiger partial charge on any atom is 0.241 e. The molecule has 0 fully saturated rings. The molecule has 3 aromatic carbocycles. The van der Waals surface area contributed by atoms with Crippen LogP contribution >= 0.6 is 0 Å². The fourth-order valence-corrected chi connectivity index (χ4v) is 4.43. The Labute approximate surface area is 170 Å². The van der Waals surface area contributed by atoms with Crippen LogP contribution in [0.5, 0.6) is 0 Å². The van der Waals surface area contributed by atoms with Crippen molar-refractivity contribution in [3.8, 4) is 11.1 Å². The summed E-state index contributed by atoms with van der Waals surface area (Å²) in [4.78, 5) is 4.58. The van der Waals surface area contributed by atoms with Gasteiger partial charge in [-0.1, -0.05) is 72.8 Å². The molecule has 6 heteroatoms. The van der Waals surface area contributed by atoms with Crippen molar-refractivity contribution in [1.29, 1.82) is 0 Å². The zero-order valence-electron chi connectivity index (χ0n) is 15.9. The van der Waals surface area contributed by atoms with Gasteiger partial charge >= 0.3 is 0 Å². The Kier molecular flexibility index (Phi) is 5.29. The molecule has 1 unspecified atom stereocenters. The van der Waals surface area contributed by atoms with Gasteiger partial charge in [-0.15, -0.1) is 0 Å². The van der Waals surface area contributed by atoms with E-state index in [-0.39, 0.29) is 4.90 Å². The molecule has 0 radical (unpaired) electrons. The predicted molar refractivity (Wildman–Crippen MR) is 114 cm³/mol. The fourth-order valence-electron chi connectivity index (χ4n) is 3.25. The van der Waals surface area contributed by atoms with E-state index in [0.29, 0.717) is 5.82 Å². The number of hydrogen-bond donors (Lipinski definition) is 1. The number of aryl methyl sites for hydroxylation is 1. The second-order valence-corrected chi connectivity index (χ2v) is 8.47. The number of nitrogens with zero attached hydrogens (tertiary/aromatic N) is 2. The van der Waals surface area contributed by atoms with Crippen LogP contribution in [0.2, 0.25) is 0 Å². The van der Waals surface area contributed by atoms with E-state index in [1.165, 1.54) is 0 Å². The molecule has 1 N–H and O–H groups in total. The zero-order valence-corrected chi connectivity index (χ0v) is 16.8. The van der Waals surface area contributed by atoms with Crippen molar-refractivity contribution in [3.05, 3.63) is 109 Å². The van der Waals surface area contributed by atoms with Crippen molar-refractivity contribution >= 4 is 10.0 Å². The topological polar surface area (TPSA) is 64.0 Å². The number of rotatable bonds is 6. The largest absolute Gasteiger partial charge is 0.336 e. The maximum atomic E-state index is 13.1. The minimum absolute atomic E-state index is 0.215. The molecule has 0 saturated carbocycles. The molecule has 1 aromatic heterocycles. The summed E-state index contributed by atoms with van der Waals surface area (Å²) in [6.07, 6.45) is 3.46. The van der Waals surface area contributed by atoms with Gasteiger partial charge in [0, 0.05) is 19.4 Å². The minimum atomic E-state index is -3.75. The number of hydrogen-bond acceptors (Lipinski definition) is 3. The van der Waals surface area contributed by atoms with Crippen LogP contribution < -0.4 is 4.72 Å². The van der Waals surface area contributed by atoms with Crippen molar-refractivity contribution < 1.29 is 8.42 Å². The Hall–Kier alpha value is -3.22. The number of sulfonamides is 1. The molecule has 146 valence electrons. The molecule has 1 atom stereocenters. The van der Waals surface area contributed by atoms with Crippen LogP contribution in [-0.4, -0.2) is 18.0 Å². The van der Waals surface area contributed by atoms with Gasteiger partial charge in [-0.05, 0) is 28.8 Å². The van der Waals surface area contributed by atoms with Gasteiger partial charge in [0.2, 0.25) is 10.0 Å². The summed E-state index contributed by atoms with van der Waals surface area (Å²) in [5.41, 5.74) is 2.83. The number of aromatic nitrogens is 2. The lowest BCUT2D eigenvalue weighted by atomic mass is 10.1. The highest BCUT2D eigenvalue weighted by Gasteiger charge is 2.25. The Morgan fingerprint density at radius 3 is 2.00 bits per heavy atom. The lowest BCUT2D eigenvalue weighted by molar-refractivity contribution is 0.563. The molecule has 1 heterocycles. The van der Waals surface area contributed by atoms with E-state index in [1.54, 1.807) is 24.5 Å². The second kappa shape index (κ2) is 8.03. The standard InChI is InChI=1S/C23H21N3O2S/c1-26-17-16-24-23(26)22(20-10-6-3-7-11-20)25-29(27,28)21-14-12-19(13-15-21)18-8-4-2-5-9-18/h2-17,22,25H,1H3. The van der Waals surface area contributed by atoms with Crippen LogP contribution in [0.15, 0.2) is 102 Å². The first-order chi connectivity index (χ1) is 14.0. The highest BCUT2D eigenvalue weighted by Crippen LogP contribution is 2.25. The zero-order chi connectivity index (χ0) is 20.3. The lowest BCUT2D eigenvalue weighted by Crippen LogP contribution is -2.31. The van der Waals surface area contributed by atoms with Gasteiger partial charge in [-0.2, -0.15) is 4.72 Å². The minimum Gasteiger partial charge on any atom is -0.336 e. The molecular weight excluding hydrogens is 382 g/mol. The molecule has 0 bridgehead atoms. The van der Waals surface area contributed by atoms with Crippen molar-refractivity contribution in [2.75, 3.05) is 0 Å². The third kappa shape index (κ3) is 4.13. The van der Waals surface area contributed by atoms with Crippen LogP contribution in [0.3, 0.4) is 0 Å². The van der Waals surface area contributed by atoms with Crippen molar-refractivity contribution in [2.45, 2.75) is 10.9 Å². The summed E-state index contributed by atoms with van der Waals surface area (Å²) in [6.45, 7) is 0. The van der Waals surface area contributed by atoms with E-state index in [1.807, 2.05) is 84.4 Å². The molecule has 0 aliphatic heterocycles. The maximum absolute atomic E-state index is 13.1. The van der Waals surface area contributed by atoms with E-state index in [4.69, 9.17) is 0 Å². The van der Waals surface area contributed by atoms with Gasteiger partial charge in [0.05, 0.1) is 4.90 Å². The number of nitrogens with one attached hydrogen (secondary N) is 1. The summed E-state index contributed by atoms with van der Waals surface area (Å²) < 4.78 is 30.9. The number of benzene rings is 3. The van der Waals surface area contributed by atoms with Crippen LogP contribution in [0.4, 0.5) is 0 Å². The predicted octanol–water partition coefficient (Wildman–Crippen LogP) is 4.16. The molecule has 5 nitrogen and oxygen atoms in total. The molecule has 4 aromatic rings. The quantitative estimate of drug-likeness (QED) is 0.526. The van der Waals surface area contributed by atoms with Crippen molar-refractivity contribution in [1.82, 2.24) is 14.3 Å². The monoisotopic (exact) mass is 403 g/mol. The smallest absolute Gasteiger partial charge is 0.241 e. The molecular formula is C23H21N3O2S. The van der Waals surface area contributed by atoms with Gasteiger partial charge < -0.3 is 4.57 Å². The van der Waals surface area contributed by atoms with E-state index >= 15 is 0 Å². The Morgan fingerprint density at radius 1 is 0.828 bits per heavy atom. The molecule has 0 aliphatic carbocycles. The molecule has 0 aliphatic rings. The van der Waals surface area contributed by atoms with Gasteiger partial charge in [0.1, 0.15) is 11.9 Å². The highest BCUT2D eigenvalue weighted by atomic mass is 32.2. The van der Waals surface area contributed by atoms with Crippen LogP contribution in [-0.2, 0) is 17.1 Å². The average molecular weight is 404 g/mol. The Balaban J connectivity index is 1.66. The van der Waals surface area contributed by atoms with Crippen LogP contribution in [0, 0.1) is 0 Å². The SMILES string of the molecule is Cn1ccnc1C(NS(=O)(=O)c1ccc(-c2ccccc2)cc1)c1ccccc1. The lowest BCUT2D eigenvalue weighted by Gasteiger charge is -2.19. The van der Waals surface area contributed by atoms with Crippen molar-refractivity contribution in [2.24, 2.45) is 7.05 Å². The normalized spacial score (nSPS) is 12.6. The summed E-state index contributed by atoms with van der Waals surface area (Å²) >= 11 is 0. The molecule has 0 saturated heterocycles. The molecule has 29 heavy (non-hydrogen) atoms. The third-order valence-corrected chi connectivity index (χ3v) is 6.23. The van der Waals surface area contributed by atoms with E-state index in [2.05, 4.69) is 9.71 Å². The van der Waals surface area contributed by atoms with Crippen LogP contribution in [0.1, 0.15) is 17.4 Å². The van der Waals surface area contributed by atoms with E-state index in [9.17, 15) is 8.42 Å². The molecule has 0 amide bonds. The molecule has 4 rings (SSSR count). The summed E-state index contributed by atoms with van der Waals surface area (Å²) in [5, 5.41) is 0. The van der Waals surface area contributed by atoms with Gasteiger partial charge in [0.25, 0.3) is 0 Å². The first-order valence-corrected chi connectivity index (χ1v) is 10.7. The molecule has 0 spiro atoms. The highest BCUT2D eigenvalue weighted by molar-refractivity contribution is 7.89. The summed E-state index contributed by atoms with van der Waals surface area (Å²) in [5.74, 6) is 0.626. The number of imidazole rings is 1. The van der Waals surface area contributed by atoms with E-state index in [0.717, 1.165) is 16.7 Å². The van der Waals surface area contributed by atoms with E-state index < -0.39 is 16.1 Å². The fraction of sp³-hybridized carbons (Fsp3) is 0.0870.